The molecule has 0 aliphatic carbocycles. The number of amides is 2. The van der Waals surface area contributed by atoms with Gasteiger partial charge in [0.1, 0.15) is 195 Å². The molecule has 10 saturated heterocycles. The largest absolute Gasteiger partial charge is 0.394 e. The van der Waals surface area contributed by atoms with Gasteiger partial charge in [-0.25, -0.2) is 0 Å². The fourth-order valence-corrected chi connectivity index (χ4v) is 17.3. The van der Waals surface area contributed by atoms with Crippen LogP contribution in [0.3, 0.4) is 0 Å². The number of nitrogens with two attached hydrogens (primary N) is 4. The minimum Gasteiger partial charge on any atom is -0.394 e. The zero-order valence-electron chi connectivity index (χ0n) is 73.6. The van der Waals surface area contributed by atoms with Crippen molar-refractivity contribution in [3.63, 3.8) is 0 Å². The first-order valence-corrected chi connectivity index (χ1v) is 43.9. The third-order valence-corrected chi connectivity index (χ3v) is 26.2. The van der Waals surface area contributed by atoms with Crippen molar-refractivity contribution in [3.05, 3.63) is 0 Å². The molecular weight excluding hydrogens is 1840 g/mol. The summed E-state index contributed by atoms with van der Waals surface area (Å²) < 4.78 is 125. The molecule has 58 nitrogen and oxygen atoms in total. The van der Waals surface area contributed by atoms with E-state index in [1.165, 1.54) is 27.7 Å². The van der Waals surface area contributed by atoms with Crippen LogP contribution in [0.2, 0.25) is 0 Å². The Bertz CT molecular complexity index is 3580. The van der Waals surface area contributed by atoms with Gasteiger partial charge in [-0.05, 0) is 6.92 Å². The molecule has 10 fully saturated rings. The van der Waals surface area contributed by atoms with Crippen LogP contribution in [0.4, 0.5) is 0 Å². The normalized spacial score (nSPS) is 48.2. The topological polar surface area (TPSA) is 959 Å². The van der Waals surface area contributed by atoms with Crippen LogP contribution in [0.25, 0.3) is 0 Å². The van der Waals surface area contributed by atoms with Crippen LogP contribution in [0, 0.1) is 23.7 Å². The van der Waals surface area contributed by atoms with Gasteiger partial charge in [0.2, 0.25) is 0 Å². The van der Waals surface area contributed by atoms with E-state index in [0.29, 0.717) is 0 Å². The van der Waals surface area contributed by atoms with Crippen LogP contribution in [0.1, 0.15) is 47.5 Å². The number of hydrogen-bond donors (Lipinski definition) is 35. The van der Waals surface area contributed by atoms with Crippen LogP contribution in [-0.2, 0) is 109 Å². The first-order valence-electron chi connectivity index (χ1n) is 43.9. The molecule has 2 amide bonds. The van der Waals surface area contributed by atoms with E-state index in [4.69, 9.17) is 122 Å². The van der Waals surface area contributed by atoms with Crippen molar-refractivity contribution in [3.8, 4) is 0 Å². The molecule has 0 aromatic carbocycles. The number of primary amides is 2. The van der Waals surface area contributed by atoms with Gasteiger partial charge in [0.25, 0.3) is 23.4 Å². The zero-order valence-corrected chi connectivity index (χ0v) is 73.6. The average Bonchev–Trinajstić information content (AvgIpc) is 0.779. The van der Waals surface area contributed by atoms with Crippen LogP contribution in [-0.4, -0.2) is 568 Å². The Morgan fingerprint density at radius 1 is 0.356 bits per heavy atom. The third-order valence-electron chi connectivity index (χ3n) is 26.2. The minimum atomic E-state index is -2.73. The van der Waals surface area contributed by atoms with Crippen molar-refractivity contribution in [1.82, 2.24) is 0 Å². The summed E-state index contributed by atoms with van der Waals surface area (Å²) in [5.74, 6) is -13.6. The Balaban J connectivity index is 0.861. The monoisotopic (exact) mass is 1980 g/mol. The lowest BCUT2D eigenvalue weighted by Crippen LogP contribution is -2.68. The Morgan fingerprint density at radius 2 is 0.667 bits per heavy atom. The highest BCUT2D eigenvalue weighted by Gasteiger charge is 2.62. The summed E-state index contributed by atoms with van der Waals surface area (Å²) >= 11 is 0. The molecule has 10 rings (SSSR count). The highest BCUT2D eigenvalue weighted by atomic mass is 16.8. The number of carbonyl (C=O) groups excluding carboxylic acids is 2. The van der Waals surface area contributed by atoms with Gasteiger partial charge >= 0.3 is 0 Å². The number of carbonyl (C=O) groups is 2. The fraction of sp³-hybridized carbons (Fsp3) is 0.974. The van der Waals surface area contributed by atoms with E-state index in [1.54, 1.807) is 0 Å². The summed E-state index contributed by atoms with van der Waals surface area (Å²) in [6.07, 6.45) is -94.8. The summed E-state index contributed by atoms with van der Waals surface area (Å²) in [5.41, 5.74) is 23.3. The summed E-state index contributed by atoms with van der Waals surface area (Å²) in [6.45, 7) is -6.32. The molecule has 21 unspecified atom stereocenters. The first-order chi connectivity index (χ1) is 63.6. The lowest BCUT2D eigenvalue weighted by Gasteiger charge is -2.49. The molecule has 0 spiro atoms. The molecule has 135 heavy (non-hydrogen) atoms. The summed E-state index contributed by atoms with van der Waals surface area (Å²) in [5, 5.41) is 342. The summed E-state index contributed by atoms with van der Waals surface area (Å²) in [4.78, 5) is 26.1. The quantitative estimate of drug-likeness (QED) is 0.0252. The number of aliphatic hydroxyl groups excluding tert-OH is 31. The second-order valence-corrected chi connectivity index (χ2v) is 35.6. The Morgan fingerprint density at radius 3 is 1.02 bits per heavy atom. The molecule has 0 aromatic heterocycles. The predicted molar refractivity (Wildman–Crippen MR) is 423 cm³/mol. The molecule has 0 radical (unpaired) electrons. The molecule has 39 N–H and O–H groups in total. The zero-order chi connectivity index (χ0) is 100. The molecule has 0 bridgehead atoms. The van der Waals surface area contributed by atoms with Gasteiger partial charge in [-0.1, -0.05) is 27.7 Å². The SMILES string of the molecule is CC1C(O)[C@H](O[C@@H]2OC(CO[C@]3(C(N)=O)C[C@@H](O)[C@@H](N)C([C@H](O)C(O)CO)O3)[C@H](O)C(O)[C@@H]2O)[C@H](CO)O[C@H]1O[C@@H]1C(O)[C@H](O)C(CO)O[C@@H]1OCC(O[C@@H](O[C@@H]1C(CO)O[C@@H](O[C@@H]2C(CO)O[C@@H](O)[C@@H](C)C2O)[C@@H](C)C1O)[C@H](O)CO[C@H]1O[C@H](CO)[C@@H](O)C(O)C1O[C@@H]1OC(CO)[C@@H](O[C@@H]2OC(CO[C@]3(C(N)=O)C[C@@H](O)[C@@H](N)C([C@H](O)C(O)CO)O3)[C@H](O)C(O)[C@@H]2O)[C@H](O)C1C)[C@H](C)O. The van der Waals surface area contributed by atoms with Crippen LogP contribution < -0.4 is 22.9 Å². The van der Waals surface area contributed by atoms with Crippen molar-refractivity contribution < 1.29 is 267 Å². The number of hydrogen-bond acceptors (Lipinski definition) is 56. The van der Waals surface area contributed by atoms with E-state index in [2.05, 4.69) is 0 Å². The maximum absolute atomic E-state index is 13.0. The smallest absolute Gasteiger partial charge is 0.277 e. The van der Waals surface area contributed by atoms with Crippen LogP contribution in [0.15, 0.2) is 0 Å². The van der Waals surface area contributed by atoms with E-state index in [0.717, 1.165) is 6.92 Å². The lowest BCUT2D eigenvalue weighted by atomic mass is 9.89. The molecular formula is C77H136N4O54. The Kier molecular flexibility index (Phi) is 41.4. The average molecular weight is 1980 g/mol. The molecule has 10 aliphatic rings. The van der Waals surface area contributed by atoms with Gasteiger partial charge in [-0.3, -0.25) is 9.59 Å². The predicted octanol–water partition coefficient (Wildman–Crippen LogP) is -22.1. The van der Waals surface area contributed by atoms with E-state index in [-0.39, 0.29) is 0 Å². The third kappa shape index (κ3) is 25.0. The van der Waals surface area contributed by atoms with Gasteiger partial charge in [0.15, 0.2) is 56.6 Å². The Labute approximate surface area is 768 Å². The van der Waals surface area contributed by atoms with Gasteiger partial charge in [0.05, 0.1) is 134 Å². The number of aliphatic hydroxyl groups is 31. The van der Waals surface area contributed by atoms with Gasteiger partial charge < -0.3 is 281 Å². The van der Waals surface area contributed by atoms with Crippen molar-refractivity contribution in [1.29, 1.82) is 0 Å². The Hall–Kier alpha value is -3.22. The van der Waals surface area contributed by atoms with Crippen LogP contribution >= 0.6 is 0 Å². The van der Waals surface area contributed by atoms with Gasteiger partial charge in [-0.2, -0.15) is 0 Å². The molecule has 56 atom stereocenters. The lowest BCUT2D eigenvalue weighted by molar-refractivity contribution is -0.385. The van der Waals surface area contributed by atoms with Crippen molar-refractivity contribution in [2.45, 2.75) is 366 Å². The van der Waals surface area contributed by atoms with E-state index >= 15 is 0 Å². The molecule has 10 aliphatic heterocycles. The number of ether oxygens (including phenoxy) is 21. The van der Waals surface area contributed by atoms with Crippen molar-refractivity contribution >= 4 is 11.8 Å². The molecule has 0 aromatic rings. The molecule has 788 valence electrons. The maximum atomic E-state index is 13.0. The second-order valence-electron chi connectivity index (χ2n) is 35.6. The highest BCUT2D eigenvalue weighted by Crippen LogP contribution is 2.43. The van der Waals surface area contributed by atoms with E-state index in [9.17, 15) is 168 Å². The fourth-order valence-electron chi connectivity index (χ4n) is 17.3. The van der Waals surface area contributed by atoms with Crippen molar-refractivity contribution in [2.75, 3.05) is 79.3 Å². The molecule has 58 heteroatoms. The number of rotatable bonds is 42. The molecule has 10 heterocycles. The standard InChI is InChI=1S/C77H136N4O54/c1-20-41(96)57(32(12-86)119-65(20)112)128-66-21(2)42(97)58(33(13-87)122-66)129-69(29(95)16-115-72-63(53(108)47(102)30(10-84)120-72)132-67-22(3)43(98)59(34(14-88)123-67)130-70-55(110)51(106)49(104)37(126-70)18-117-76(74(80)113)6-25(91)39(78)61(134-76)45(100)27(93)8-82)125-36(24(5)90)17-116-73-64(54(109)48(103)31(11-85)121-73)133-68-23(4)44(99)60(35(15-89)124-68)131-71-56(111)52(107)50(105)38(127-71)19-118-77(75(81)114)7-26(92)40(79)62(135-77)46(101)28(94)9-83/h20-73,82-112H,6-19,78-79H2,1-5H3,(H2,80,113)(H2,81,114)/t20-,21-,22?,23?,24-,25+,26+,27?,28?,29+,30+,31?,32?,33?,34?,35-,36?,37?,38?,39+,40+,41?,42?,43+,44?,45+,46+,47+,48+,49-,50-,51?,52?,53?,54?,55-,56-,57+,58+,59+,60+,61?,62?,63?,64+,65+,66-,67-,68-,69-,70-,71-,72-,73-,76+,77+/m0/s1. The second kappa shape index (κ2) is 49.1. The minimum absolute atomic E-state index is 0.824. The van der Waals surface area contributed by atoms with E-state index < -0.39 is 446 Å². The van der Waals surface area contributed by atoms with Crippen LogP contribution in [0.5, 0.6) is 0 Å². The van der Waals surface area contributed by atoms with E-state index in [1.807, 2.05) is 0 Å². The highest BCUT2D eigenvalue weighted by molar-refractivity contribution is 5.82. The first kappa shape index (κ1) is 114. The summed E-state index contributed by atoms with van der Waals surface area (Å²) in [7, 11) is 0. The maximum Gasteiger partial charge on any atom is 0.277 e. The molecule has 0 saturated carbocycles. The van der Waals surface area contributed by atoms with Gasteiger partial charge in [-0.15, -0.1) is 0 Å². The summed E-state index contributed by atoms with van der Waals surface area (Å²) in [6, 6.07) is -3.05. The van der Waals surface area contributed by atoms with Crippen molar-refractivity contribution in [2.24, 2.45) is 46.6 Å². The van der Waals surface area contributed by atoms with Gasteiger partial charge in [0, 0.05) is 36.5 Å².